The molecule has 2 aromatic carbocycles. The van der Waals surface area contributed by atoms with E-state index in [-0.39, 0.29) is 5.56 Å². The van der Waals surface area contributed by atoms with Gasteiger partial charge in [-0.1, -0.05) is 49.4 Å². The van der Waals surface area contributed by atoms with Crippen LogP contribution in [0.3, 0.4) is 0 Å². The molecule has 1 aliphatic carbocycles. The Morgan fingerprint density at radius 2 is 1.82 bits per heavy atom. The lowest BCUT2D eigenvalue weighted by Gasteiger charge is -2.12. The van der Waals surface area contributed by atoms with Gasteiger partial charge in [0.2, 0.25) is 0 Å². The zero-order valence-electron chi connectivity index (χ0n) is 18.7. The van der Waals surface area contributed by atoms with Crippen molar-refractivity contribution in [1.29, 1.82) is 0 Å². The first-order chi connectivity index (χ1) is 16.2. The van der Waals surface area contributed by atoms with Gasteiger partial charge in [-0.15, -0.1) is 13.2 Å². The number of hydrogen-bond donors (Lipinski definition) is 2. The molecule has 2 aromatic rings. The summed E-state index contributed by atoms with van der Waals surface area (Å²) in [5, 5.41) is 7.14. The number of para-hydroxylation sites is 2. The van der Waals surface area contributed by atoms with Gasteiger partial charge in [-0.3, -0.25) is 4.79 Å². The van der Waals surface area contributed by atoms with Crippen LogP contribution in [-0.4, -0.2) is 23.3 Å². The number of carbonyl (C=O) groups is 1. The highest BCUT2D eigenvalue weighted by atomic mass is 19.4. The van der Waals surface area contributed by atoms with Gasteiger partial charge in [0, 0.05) is 29.2 Å². The fourth-order valence-electron chi connectivity index (χ4n) is 3.70. The summed E-state index contributed by atoms with van der Waals surface area (Å²) in [5.41, 5.74) is 3.72. The number of benzene rings is 2. The van der Waals surface area contributed by atoms with Gasteiger partial charge in [-0.25, -0.2) is 4.98 Å². The van der Waals surface area contributed by atoms with Gasteiger partial charge in [0.25, 0.3) is 5.91 Å². The Kier molecular flexibility index (Phi) is 6.70. The van der Waals surface area contributed by atoms with E-state index in [1.54, 1.807) is 18.2 Å². The molecule has 8 heteroatoms. The summed E-state index contributed by atoms with van der Waals surface area (Å²) in [4.78, 5) is 17.6. The lowest BCUT2D eigenvalue weighted by molar-refractivity contribution is -0.274. The highest BCUT2D eigenvalue weighted by molar-refractivity contribution is 6.07. The molecule has 0 aromatic heterocycles. The lowest BCUT2D eigenvalue weighted by atomic mass is 10.1. The molecule has 176 valence electrons. The quantitative estimate of drug-likeness (QED) is 0.331. The first-order valence-electron chi connectivity index (χ1n) is 11.0. The van der Waals surface area contributed by atoms with Gasteiger partial charge < -0.3 is 15.4 Å². The van der Waals surface area contributed by atoms with E-state index in [9.17, 15) is 18.0 Å². The third-order valence-corrected chi connectivity index (χ3v) is 5.62. The molecule has 0 spiro atoms. The molecule has 0 saturated heterocycles. The molecule has 0 bridgehead atoms. The summed E-state index contributed by atoms with van der Waals surface area (Å²) >= 11 is 0. The van der Waals surface area contributed by atoms with Crippen LogP contribution in [0.2, 0.25) is 0 Å². The average Bonchev–Trinajstić information content (AvgIpc) is 3.01. The minimum atomic E-state index is -4.90. The molecular formula is C26H24F3N3O2. The zero-order valence-corrected chi connectivity index (χ0v) is 18.7. The van der Waals surface area contributed by atoms with Crippen molar-refractivity contribution in [1.82, 2.24) is 10.3 Å². The van der Waals surface area contributed by atoms with Crippen LogP contribution in [0.1, 0.15) is 36.2 Å². The second-order valence-corrected chi connectivity index (χ2v) is 8.04. The number of rotatable bonds is 7. The van der Waals surface area contributed by atoms with Crippen molar-refractivity contribution in [2.75, 3.05) is 5.32 Å². The van der Waals surface area contributed by atoms with Crippen molar-refractivity contribution in [3.63, 3.8) is 0 Å². The van der Waals surface area contributed by atoms with E-state index in [0.717, 1.165) is 34.5 Å². The Labute approximate surface area is 195 Å². The number of alkyl halides is 3. The molecule has 1 heterocycles. The van der Waals surface area contributed by atoms with Crippen LogP contribution in [0, 0.1) is 0 Å². The number of amides is 1. The predicted octanol–water partition coefficient (Wildman–Crippen LogP) is 6.38. The van der Waals surface area contributed by atoms with E-state index in [4.69, 9.17) is 4.98 Å². The fourth-order valence-corrected chi connectivity index (χ4v) is 3.70. The molecule has 2 N–H and O–H groups in total. The van der Waals surface area contributed by atoms with Crippen LogP contribution in [-0.2, 0) is 6.54 Å². The summed E-state index contributed by atoms with van der Waals surface area (Å²) in [7, 11) is 0. The Morgan fingerprint density at radius 3 is 2.59 bits per heavy atom. The summed E-state index contributed by atoms with van der Waals surface area (Å²) in [6.07, 6.45) is -3.88. The lowest BCUT2D eigenvalue weighted by Crippen LogP contribution is -2.24. The van der Waals surface area contributed by atoms with Gasteiger partial charge in [-0.05, 0) is 43.2 Å². The largest absolute Gasteiger partial charge is 0.573 e. The SMILES string of the molecule is CCC(C)NCc1cccc2c3cccc(NC(=O)c4ccccc4OC(F)(F)F)cc-3nc12. The van der Waals surface area contributed by atoms with E-state index >= 15 is 0 Å². The Bertz CT molecular complexity index is 1290. The van der Waals surface area contributed by atoms with Crippen LogP contribution < -0.4 is 15.4 Å². The van der Waals surface area contributed by atoms with Gasteiger partial charge in [-0.2, -0.15) is 0 Å². The highest BCUT2D eigenvalue weighted by Crippen LogP contribution is 2.34. The van der Waals surface area contributed by atoms with Gasteiger partial charge in [0.15, 0.2) is 0 Å². The van der Waals surface area contributed by atoms with E-state index < -0.39 is 18.0 Å². The van der Waals surface area contributed by atoms with Gasteiger partial charge in [0.1, 0.15) is 5.75 Å². The van der Waals surface area contributed by atoms with Crippen molar-refractivity contribution in [3.8, 4) is 17.0 Å². The molecule has 2 aliphatic rings. The molecule has 1 atom stereocenters. The molecule has 0 radical (unpaired) electrons. The highest BCUT2D eigenvalue weighted by Gasteiger charge is 2.32. The minimum absolute atomic E-state index is 0.221. The summed E-state index contributed by atoms with van der Waals surface area (Å²) in [6, 6.07) is 18.7. The van der Waals surface area contributed by atoms with Crippen molar-refractivity contribution in [2.24, 2.45) is 0 Å². The smallest absolute Gasteiger partial charge is 0.405 e. The van der Waals surface area contributed by atoms with Crippen molar-refractivity contribution in [2.45, 2.75) is 39.2 Å². The van der Waals surface area contributed by atoms with Gasteiger partial charge in [0.05, 0.1) is 16.8 Å². The maximum absolute atomic E-state index is 12.8. The first-order valence-corrected chi connectivity index (χ1v) is 11.0. The number of nitrogens with one attached hydrogen (secondary N) is 2. The van der Waals surface area contributed by atoms with Crippen molar-refractivity contribution >= 4 is 22.5 Å². The van der Waals surface area contributed by atoms with Crippen molar-refractivity contribution < 1.29 is 22.7 Å². The third kappa shape index (κ3) is 5.28. The van der Waals surface area contributed by atoms with Crippen molar-refractivity contribution in [3.05, 3.63) is 77.9 Å². The number of carbonyl (C=O) groups excluding carboxylic acids is 1. The number of nitrogens with zero attached hydrogens (tertiary/aromatic N) is 1. The Hall–Kier alpha value is -3.65. The molecular weight excluding hydrogens is 443 g/mol. The monoisotopic (exact) mass is 467 g/mol. The zero-order chi connectivity index (χ0) is 24.3. The first kappa shape index (κ1) is 23.5. The molecule has 0 fully saturated rings. The van der Waals surface area contributed by atoms with Crippen LogP contribution in [0.25, 0.3) is 22.2 Å². The fraction of sp³-hybridized carbons (Fsp3) is 0.231. The maximum Gasteiger partial charge on any atom is 0.573 e. The Morgan fingerprint density at radius 1 is 1.06 bits per heavy atom. The van der Waals surface area contributed by atoms with E-state index in [1.165, 1.54) is 18.2 Å². The normalized spacial score (nSPS) is 12.6. The summed E-state index contributed by atoms with van der Waals surface area (Å²) < 4.78 is 42.2. The molecule has 1 aliphatic heterocycles. The van der Waals surface area contributed by atoms with E-state index in [2.05, 4.69) is 29.2 Å². The molecule has 1 unspecified atom stereocenters. The standard InChI is InChI=1S/C26H24F3N3O2/c1-3-16(2)30-15-17-8-6-12-20-19-11-7-9-18(14-22(19)32-24(17)20)31-25(33)21-10-4-5-13-23(21)34-26(27,28)29/h4-14,16,30H,3,15H2,1-2H3,(H,31,33). The van der Waals surface area contributed by atoms with Crippen LogP contribution in [0.5, 0.6) is 5.75 Å². The van der Waals surface area contributed by atoms with Crippen LogP contribution in [0.15, 0.2) is 66.7 Å². The van der Waals surface area contributed by atoms with E-state index in [0.29, 0.717) is 24.0 Å². The Balaban J connectivity index is 1.64. The number of ether oxygens (including phenoxy) is 1. The maximum atomic E-state index is 12.8. The third-order valence-electron chi connectivity index (χ3n) is 5.62. The summed E-state index contributed by atoms with van der Waals surface area (Å²) in [6.45, 7) is 4.93. The van der Waals surface area contributed by atoms with Crippen LogP contribution in [0.4, 0.5) is 18.9 Å². The number of anilines is 1. The van der Waals surface area contributed by atoms with E-state index in [1.807, 2.05) is 24.3 Å². The molecule has 4 rings (SSSR count). The molecule has 34 heavy (non-hydrogen) atoms. The second-order valence-electron chi connectivity index (χ2n) is 8.04. The average molecular weight is 467 g/mol. The number of aromatic nitrogens is 1. The summed E-state index contributed by atoms with van der Waals surface area (Å²) in [5.74, 6) is -1.28. The topological polar surface area (TPSA) is 63.2 Å². The molecule has 5 nitrogen and oxygen atoms in total. The molecule has 1 amide bonds. The van der Waals surface area contributed by atoms with Gasteiger partial charge >= 0.3 is 6.36 Å². The second kappa shape index (κ2) is 9.69. The predicted molar refractivity (Wildman–Crippen MR) is 126 cm³/mol. The number of hydrogen-bond acceptors (Lipinski definition) is 4. The molecule has 0 saturated carbocycles. The number of halogens is 3. The number of fused-ring (bicyclic) bond motifs is 3. The minimum Gasteiger partial charge on any atom is -0.405 e. The van der Waals surface area contributed by atoms with Crippen LogP contribution >= 0.6 is 0 Å².